The summed E-state index contributed by atoms with van der Waals surface area (Å²) in [5, 5.41) is 0. The van der Waals surface area contributed by atoms with Crippen molar-refractivity contribution < 1.29 is 14.2 Å². The molecule has 2 aliphatic carbocycles. The van der Waals surface area contributed by atoms with Crippen LogP contribution in [0.15, 0.2) is 72.8 Å². The van der Waals surface area contributed by atoms with E-state index in [0.29, 0.717) is 11.8 Å². The summed E-state index contributed by atoms with van der Waals surface area (Å²) in [7, 11) is 0. The van der Waals surface area contributed by atoms with Crippen LogP contribution in [0.4, 0.5) is 0 Å². The van der Waals surface area contributed by atoms with Crippen molar-refractivity contribution in [3.05, 3.63) is 89.5 Å². The van der Waals surface area contributed by atoms with Gasteiger partial charge in [0.15, 0.2) is 0 Å². The third kappa shape index (κ3) is 15.2. The van der Waals surface area contributed by atoms with Crippen LogP contribution in [-0.2, 0) is 5.41 Å². The average molecular weight is 603 g/mol. The highest BCUT2D eigenvalue weighted by Gasteiger charge is 2.22. The molecule has 3 aromatic carbocycles. The van der Waals surface area contributed by atoms with Gasteiger partial charge in [-0.05, 0) is 115 Å². The van der Waals surface area contributed by atoms with Crippen LogP contribution in [0, 0.1) is 24.7 Å². The van der Waals surface area contributed by atoms with Gasteiger partial charge >= 0.3 is 0 Å². The van der Waals surface area contributed by atoms with Gasteiger partial charge in [0, 0.05) is 0 Å². The number of hydrogen-bond donors (Lipinski definition) is 0. The zero-order valence-electron chi connectivity index (χ0n) is 29.6. The Balaban J connectivity index is 0.000000226. The molecule has 5 rings (SSSR count). The smallest absolute Gasteiger partial charge is 0.119 e. The van der Waals surface area contributed by atoms with Crippen LogP contribution in [0.5, 0.6) is 17.2 Å². The highest BCUT2D eigenvalue weighted by atomic mass is 16.5. The number of ether oxygens (including phenoxy) is 3. The van der Waals surface area contributed by atoms with Crippen LogP contribution in [0.25, 0.3) is 0 Å². The van der Waals surface area contributed by atoms with E-state index in [4.69, 9.17) is 14.2 Å². The second kappa shape index (κ2) is 19.4. The minimum Gasteiger partial charge on any atom is -0.493 e. The molecule has 2 aliphatic rings. The van der Waals surface area contributed by atoms with E-state index in [1.165, 1.54) is 48.8 Å². The molecule has 0 heterocycles. The Kier molecular flexibility index (Phi) is 16.5. The molecule has 0 amide bonds. The predicted octanol–water partition coefficient (Wildman–Crippen LogP) is 11.8. The van der Waals surface area contributed by atoms with Gasteiger partial charge in [-0.15, -0.1) is 0 Å². The monoisotopic (exact) mass is 602 g/mol. The molecular weight excluding hydrogens is 540 g/mol. The Morgan fingerprint density at radius 1 is 0.659 bits per heavy atom. The zero-order chi connectivity index (χ0) is 32.5. The van der Waals surface area contributed by atoms with Crippen LogP contribution >= 0.6 is 0 Å². The number of rotatable bonds is 10. The summed E-state index contributed by atoms with van der Waals surface area (Å²) in [6, 6.07) is 25.1. The van der Waals surface area contributed by atoms with Crippen molar-refractivity contribution in [2.45, 2.75) is 113 Å². The van der Waals surface area contributed by atoms with E-state index < -0.39 is 0 Å². The third-order valence-electron chi connectivity index (χ3n) is 7.69. The van der Waals surface area contributed by atoms with Gasteiger partial charge in [-0.3, -0.25) is 0 Å². The zero-order valence-corrected chi connectivity index (χ0v) is 29.6. The standard InChI is InChI=1S/C15H22O.C13H20O.C11H14O.C2H6/c1-15(2,3)13-8-5-9-14(10-13)16-11-12-6-4-7-12;1-10(2)9-14-13-7-5-6-12(8-13)11(3)4;1-9-3-2-4-11(7-9)12-8-10-5-6-10;1-2/h5,8-10,12H,4,6-7,11H2,1-3H3;5-8,10-11H,9H2,1-4H3;2-4,7,10H,5-6,8H2,1H3;1-2H3. The summed E-state index contributed by atoms with van der Waals surface area (Å²) >= 11 is 0. The topological polar surface area (TPSA) is 27.7 Å². The molecule has 44 heavy (non-hydrogen) atoms. The average Bonchev–Trinajstić information content (AvgIpc) is 3.81. The fourth-order valence-corrected chi connectivity index (χ4v) is 4.36. The molecule has 3 aromatic rings. The third-order valence-corrected chi connectivity index (χ3v) is 7.69. The first-order chi connectivity index (χ1) is 21.0. The molecule has 2 saturated carbocycles. The lowest BCUT2D eigenvalue weighted by Crippen LogP contribution is -2.19. The SMILES string of the molecule is CC.CC(C)(C)c1cccc(OCC2CCC2)c1.CC(C)COc1cccc(C(C)C)c1.Cc1cccc(OCC2CC2)c1. The van der Waals surface area contributed by atoms with Crippen molar-refractivity contribution >= 4 is 0 Å². The molecule has 3 nitrogen and oxygen atoms in total. The van der Waals surface area contributed by atoms with Gasteiger partial charge in [-0.2, -0.15) is 0 Å². The van der Waals surface area contributed by atoms with E-state index in [2.05, 4.69) is 110 Å². The fraction of sp³-hybridized carbons (Fsp3) is 0.561. The molecule has 0 unspecified atom stereocenters. The predicted molar refractivity (Wildman–Crippen MR) is 190 cm³/mol. The quantitative estimate of drug-likeness (QED) is 0.231. The van der Waals surface area contributed by atoms with Gasteiger partial charge in [0.25, 0.3) is 0 Å². The van der Waals surface area contributed by atoms with E-state index in [1.807, 2.05) is 32.0 Å². The van der Waals surface area contributed by atoms with E-state index in [9.17, 15) is 0 Å². The minimum atomic E-state index is 0.204. The van der Waals surface area contributed by atoms with Gasteiger partial charge < -0.3 is 14.2 Å². The lowest BCUT2D eigenvalue weighted by Gasteiger charge is -2.25. The van der Waals surface area contributed by atoms with Crippen LogP contribution in [0.2, 0.25) is 0 Å². The maximum absolute atomic E-state index is 5.85. The molecule has 0 bridgehead atoms. The highest BCUT2D eigenvalue weighted by molar-refractivity contribution is 5.33. The molecule has 3 heteroatoms. The Bertz CT molecular complexity index is 1180. The van der Waals surface area contributed by atoms with Crippen molar-refractivity contribution in [1.82, 2.24) is 0 Å². The molecule has 0 radical (unpaired) electrons. The second-order valence-electron chi connectivity index (χ2n) is 13.9. The number of benzene rings is 3. The van der Waals surface area contributed by atoms with E-state index >= 15 is 0 Å². The lowest BCUT2D eigenvalue weighted by molar-refractivity contribution is 0.180. The summed E-state index contributed by atoms with van der Waals surface area (Å²) in [5.41, 5.74) is 4.16. The fourth-order valence-electron chi connectivity index (χ4n) is 4.36. The Hall–Kier alpha value is -2.94. The molecule has 0 N–H and O–H groups in total. The molecule has 0 aliphatic heterocycles. The van der Waals surface area contributed by atoms with Gasteiger partial charge in [-0.25, -0.2) is 0 Å². The van der Waals surface area contributed by atoms with Crippen LogP contribution in [0.3, 0.4) is 0 Å². The summed E-state index contributed by atoms with van der Waals surface area (Å²) < 4.78 is 17.1. The van der Waals surface area contributed by atoms with Crippen molar-refractivity contribution in [3.8, 4) is 17.2 Å². The summed E-state index contributed by atoms with van der Waals surface area (Å²) in [4.78, 5) is 0. The van der Waals surface area contributed by atoms with Crippen molar-refractivity contribution in [1.29, 1.82) is 0 Å². The summed E-state index contributed by atoms with van der Waals surface area (Å²) in [6.45, 7) is 24.1. The van der Waals surface area contributed by atoms with E-state index in [-0.39, 0.29) is 5.41 Å². The molecule has 0 spiro atoms. The van der Waals surface area contributed by atoms with E-state index in [0.717, 1.165) is 48.9 Å². The first kappa shape index (κ1) is 37.2. The van der Waals surface area contributed by atoms with Gasteiger partial charge in [0.2, 0.25) is 0 Å². The molecule has 0 saturated heterocycles. The molecule has 2 fully saturated rings. The molecular formula is C41H62O3. The largest absolute Gasteiger partial charge is 0.493 e. The van der Waals surface area contributed by atoms with Crippen molar-refractivity contribution in [2.24, 2.45) is 17.8 Å². The first-order valence-corrected chi connectivity index (χ1v) is 17.1. The lowest BCUT2D eigenvalue weighted by atomic mass is 9.86. The van der Waals surface area contributed by atoms with Gasteiger partial charge in [0.1, 0.15) is 17.2 Å². The second-order valence-corrected chi connectivity index (χ2v) is 13.9. The Morgan fingerprint density at radius 3 is 1.66 bits per heavy atom. The Labute approximate surface area is 270 Å². The van der Waals surface area contributed by atoms with Crippen LogP contribution < -0.4 is 14.2 Å². The normalized spacial score (nSPS) is 14.2. The molecule has 244 valence electrons. The van der Waals surface area contributed by atoms with Crippen LogP contribution in [0.1, 0.15) is 117 Å². The van der Waals surface area contributed by atoms with Crippen molar-refractivity contribution in [3.63, 3.8) is 0 Å². The number of aryl methyl sites for hydroxylation is 1. The van der Waals surface area contributed by atoms with E-state index in [1.54, 1.807) is 0 Å². The minimum absolute atomic E-state index is 0.204. The molecule has 0 aromatic heterocycles. The first-order valence-electron chi connectivity index (χ1n) is 17.1. The maximum atomic E-state index is 5.85. The number of hydrogen-bond acceptors (Lipinski definition) is 3. The highest BCUT2D eigenvalue weighted by Crippen LogP contribution is 2.30. The van der Waals surface area contributed by atoms with Gasteiger partial charge in [-0.1, -0.05) is 105 Å². The summed E-state index contributed by atoms with van der Waals surface area (Å²) in [5.74, 6) is 5.82. The van der Waals surface area contributed by atoms with Gasteiger partial charge in [0.05, 0.1) is 19.8 Å². The Morgan fingerprint density at radius 2 is 1.18 bits per heavy atom. The maximum Gasteiger partial charge on any atom is 0.119 e. The summed E-state index contributed by atoms with van der Waals surface area (Å²) in [6.07, 6.45) is 6.78. The van der Waals surface area contributed by atoms with Crippen LogP contribution in [-0.4, -0.2) is 19.8 Å². The molecule has 0 atom stereocenters. The van der Waals surface area contributed by atoms with Crippen molar-refractivity contribution in [2.75, 3.05) is 19.8 Å².